The van der Waals surface area contributed by atoms with Gasteiger partial charge < -0.3 is 19.6 Å². The standard InChI is InChI=1S/C19H19N3O2/c1-12-10-16(13(2)20-12)18-21-17-8-4-3-7-15(17)19(23)22(18)11-14-6-5-9-24-14/h3-10,18,20-21H,11H2,1-2H3/t18-/m0/s1. The van der Waals surface area contributed by atoms with Crippen LogP contribution < -0.4 is 5.32 Å². The summed E-state index contributed by atoms with van der Waals surface area (Å²) in [4.78, 5) is 18.2. The largest absolute Gasteiger partial charge is 0.467 e. The molecule has 2 aromatic heterocycles. The summed E-state index contributed by atoms with van der Waals surface area (Å²) in [5, 5.41) is 3.50. The van der Waals surface area contributed by atoms with Gasteiger partial charge in [0.15, 0.2) is 0 Å². The number of aromatic amines is 1. The Balaban J connectivity index is 1.79. The fraction of sp³-hybridized carbons (Fsp3) is 0.211. The van der Waals surface area contributed by atoms with Crippen molar-refractivity contribution in [2.45, 2.75) is 26.6 Å². The first-order chi connectivity index (χ1) is 11.6. The molecular weight excluding hydrogens is 302 g/mol. The van der Waals surface area contributed by atoms with Crippen molar-refractivity contribution in [1.29, 1.82) is 0 Å². The maximum absolute atomic E-state index is 13.1. The maximum atomic E-state index is 13.1. The molecule has 2 N–H and O–H groups in total. The second-order valence-corrected chi connectivity index (χ2v) is 6.14. The molecule has 1 atom stereocenters. The van der Waals surface area contributed by atoms with Gasteiger partial charge in [0, 0.05) is 22.6 Å². The number of benzene rings is 1. The fourth-order valence-corrected chi connectivity index (χ4v) is 3.30. The van der Waals surface area contributed by atoms with Crippen LogP contribution in [0.3, 0.4) is 0 Å². The number of fused-ring (bicyclic) bond motifs is 1. The average Bonchev–Trinajstić information content (AvgIpc) is 3.19. The molecule has 0 fully saturated rings. The van der Waals surface area contributed by atoms with Gasteiger partial charge in [-0.25, -0.2) is 0 Å². The molecule has 0 aliphatic carbocycles. The number of aromatic nitrogens is 1. The number of nitrogens with zero attached hydrogens (tertiary/aromatic N) is 1. The number of para-hydroxylation sites is 1. The molecule has 1 amide bonds. The summed E-state index contributed by atoms with van der Waals surface area (Å²) >= 11 is 0. The van der Waals surface area contributed by atoms with Crippen LogP contribution in [0.4, 0.5) is 5.69 Å². The molecule has 0 unspecified atom stereocenters. The Labute approximate surface area is 140 Å². The topological polar surface area (TPSA) is 61.3 Å². The minimum Gasteiger partial charge on any atom is -0.467 e. The summed E-state index contributed by atoms with van der Waals surface area (Å²) in [6.45, 7) is 4.47. The van der Waals surface area contributed by atoms with Crippen molar-refractivity contribution in [2.75, 3.05) is 5.32 Å². The summed E-state index contributed by atoms with van der Waals surface area (Å²) in [5.41, 5.74) is 4.75. The van der Waals surface area contributed by atoms with Crippen LogP contribution in [0.25, 0.3) is 0 Å². The van der Waals surface area contributed by atoms with Gasteiger partial charge in [0.05, 0.1) is 18.4 Å². The first-order valence-corrected chi connectivity index (χ1v) is 7.98. The molecule has 3 heterocycles. The van der Waals surface area contributed by atoms with Crippen LogP contribution in [-0.4, -0.2) is 15.8 Å². The van der Waals surface area contributed by atoms with Crippen molar-refractivity contribution >= 4 is 11.6 Å². The molecule has 0 saturated heterocycles. The van der Waals surface area contributed by atoms with Crippen molar-refractivity contribution in [2.24, 2.45) is 0 Å². The Kier molecular flexibility index (Phi) is 3.41. The molecule has 1 aromatic carbocycles. The number of H-pyrrole nitrogens is 1. The van der Waals surface area contributed by atoms with E-state index in [1.165, 1.54) is 0 Å². The predicted octanol–water partition coefficient (Wildman–Crippen LogP) is 3.99. The zero-order valence-corrected chi connectivity index (χ0v) is 13.7. The molecule has 0 radical (unpaired) electrons. The van der Waals surface area contributed by atoms with Crippen molar-refractivity contribution in [3.8, 4) is 0 Å². The molecule has 3 aromatic rings. The molecule has 0 spiro atoms. The van der Waals surface area contributed by atoms with Crippen LogP contribution in [0.5, 0.6) is 0 Å². The summed E-state index contributed by atoms with van der Waals surface area (Å²) in [5.74, 6) is 0.767. The third-order valence-corrected chi connectivity index (χ3v) is 4.41. The smallest absolute Gasteiger partial charge is 0.258 e. The number of hydrogen-bond donors (Lipinski definition) is 2. The molecule has 5 heteroatoms. The molecule has 24 heavy (non-hydrogen) atoms. The minimum atomic E-state index is -0.234. The third-order valence-electron chi connectivity index (χ3n) is 4.41. The lowest BCUT2D eigenvalue weighted by molar-refractivity contribution is 0.0651. The highest BCUT2D eigenvalue weighted by atomic mass is 16.3. The lowest BCUT2D eigenvalue weighted by Gasteiger charge is -2.37. The van der Waals surface area contributed by atoms with Crippen molar-refractivity contribution < 1.29 is 9.21 Å². The quantitative estimate of drug-likeness (QED) is 0.767. The highest BCUT2D eigenvalue weighted by Gasteiger charge is 2.34. The van der Waals surface area contributed by atoms with Crippen LogP contribution in [0, 0.1) is 13.8 Å². The first kappa shape index (κ1) is 14.6. The molecule has 0 saturated carbocycles. The third kappa shape index (κ3) is 2.38. The lowest BCUT2D eigenvalue weighted by Crippen LogP contribution is -2.42. The Morgan fingerprint density at radius 3 is 2.71 bits per heavy atom. The lowest BCUT2D eigenvalue weighted by atomic mass is 10.0. The van der Waals surface area contributed by atoms with Gasteiger partial charge >= 0.3 is 0 Å². The van der Waals surface area contributed by atoms with Gasteiger partial charge in [-0.3, -0.25) is 4.79 Å². The number of hydrogen-bond acceptors (Lipinski definition) is 3. The highest BCUT2D eigenvalue weighted by molar-refractivity contribution is 6.01. The summed E-state index contributed by atoms with van der Waals surface area (Å²) < 4.78 is 5.46. The van der Waals surface area contributed by atoms with E-state index < -0.39 is 0 Å². The van der Waals surface area contributed by atoms with Gasteiger partial charge in [-0.2, -0.15) is 0 Å². The number of anilines is 1. The highest BCUT2D eigenvalue weighted by Crippen LogP contribution is 2.35. The van der Waals surface area contributed by atoms with E-state index in [0.29, 0.717) is 12.1 Å². The van der Waals surface area contributed by atoms with E-state index in [4.69, 9.17) is 4.42 Å². The van der Waals surface area contributed by atoms with Crippen LogP contribution in [-0.2, 0) is 6.54 Å². The number of carbonyl (C=O) groups excluding carboxylic acids is 1. The minimum absolute atomic E-state index is 0.00371. The molecule has 4 rings (SSSR count). The van der Waals surface area contributed by atoms with Gasteiger partial charge in [-0.15, -0.1) is 0 Å². The van der Waals surface area contributed by atoms with E-state index >= 15 is 0 Å². The van der Waals surface area contributed by atoms with Gasteiger partial charge in [0.1, 0.15) is 11.9 Å². The summed E-state index contributed by atoms with van der Waals surface area (Å²) in [6, 6.07) is 13.4. The number of amides is 1. The molecule has 1 aliphatic heterocycles. The number of nitrogens with one attached hydrogen (secondary N) is 2. The molecule has 122 valence electrons. The van der Waals surface area contributed by atoms with E-state index in [1.807, 2.05) is 55.1 Å². The van der Waals surface area contributed by atoms with E-state index in [0.717, 1.165) is 28.4 Å². The first-order valence-electron chi connectivity index (χ1n) is 7.98. The average molecular weight is 321 g/mol. The van der Waals surface area contributed by atoms with Gasteiger partial charge in [-0.05, 0) is 44.2 Å². The Bertz CT molecular complexity index is 880. The van der Waals surface area contributed by atoms with Crippen molar-refractivity contribution in [1.82, 2.24) is 9.88 Å². The maximum Gasteiger partial charge on any atom is 0.258 e. The molecular formula is C19H19N3O2. The van der Waals surface area contributed by atoms with E-state index in [-0.39, 0.29) is 12.1 Å². The van der Waals surface area contributed by atoms with Crippen LogP contribution in [0.15, 0.2) is 53.1 Å². The molecule has 1 aliphatic rings. The monoisotopic (exact) mass is 321 g/mol. The van der Waals surface area contributed by atoms with Crippen LogP contribution >= 0.6 is 0 Å². The second kappa shape index (κ2) is 5.60. The van der Waals surface area contributed by atoms with E-state index in [9.17, 15) is 4.79 Å². The predicted molar refractivity (Wildman–Crippen MR) is 91.7 cm³/mol. The van der Waals surface area contributed by atoms with Gasteiger partial charge in [-0.1, -0.05) is 12.1 Å². The van der Waals surface area contributed by atoms with Gasteiger partial charge in [0.2, 0.25) is 0 Å². The van der Waals surface area contributed by atoms with E-state index in [2.05, 4.69) is 16.4 Å². The Morgan fingerprint density at radius 2 is 2.00 bits per heavy atom. The zero-order valence-electron chi connectivity index (χ0n) is 13.7. The van der Waals surface area contributed by atoms with Crippen molar-refractivity contribution in [3.63, 3.8) is 0 Å². The van der Waals surface area contributed by atoms with Crippen LogP contribution in [0.2, 0.25) is 0 Å². The Morgan fingerprint density at radius 1 is 1.17 bits per heavy atom. The van der Waals surface area contributed by atoms with Crippen LogP contribution in [0.1, 0.15) is 39.2 Å². The summed E-state index contributed by atoms with van der Waals surface area (Å²) in [7, 11) is 0. The second-order valence-electron chi connectivity index (χ2n) is 6.14. The summed E-state index contributed by atoms with van der Waals surface area (Å²) in [6.07, 6.45) is 1.40. The zero-order chi connectivity index (χ0) is 16.7. The fourth-order valence-electron chi connectivity index (χ4n) is 3.30. The number of aryl methyl sites for hydroxylation is 2. The molecule has 0 bridgehead atoms. The van der Waals surface area contributed by atoms with E-state index in [1.54, 1.807) is 6.26 Å². The van der Waals surface area contributed by atoms with Gasteiger partial charge in [0.25, 0.3) is 5.91 Å². The number of furan rings is 1. The Hall–Kier alpha value is -2.95. The number of carbonyl (C=O) groups is 1. The number of rotatable bonds is 3. The molecule has 5 nitrogen and oxygen atoms in total. The SMILES string of the molecule is Cc1cc([C@H]2Nc3ccccc3C(=O)N2Cc2ccco2)c(C)[nH]1. The normalized spacial score (nSPS) is 16.8. The van der Waals surface area contributed by atoms with Crippen molar-refractivity contribution in [3.05, 3.63) is 77.0 Å².